The molecule has 132 valence electrons. The maximum atomic E-state index is 12.4. The van der Waals surface area contributed by atoms with Crippen LogP contribution in [0.1, 0.15) is 36.7 Å². The largest absolute Gasteiger partial charge is 0.365 e. The summed E-state index contributed by atoms with van der Waals surface area (Å²) in [5.41, 5.74) is 2.08. The van der Waals surface area contributed by atoms with Crippen LogP contribution in [0.4, 0.5) is 5.82 Å². The predicted octanol–water partition coefficient (Wildman–Crippen LogP) is 3.60. The van der Waals surface area contributed by atoms with Crippen LogP contribution in [0.2, 0.25) is 5.02 Å². The molecule has 25 heavy (non-hydrogen) atoms. The molecule has 0 spiro atoms. The molecule has 1 aromatic carbocycles. The molecular weight excluding hydrogens is 336 g/mol. The van der Waals surface area contributed by atoms with E-state index in [1.165, 1.54) is 0 Å². The summed E-state index contributed by atoms with van der Waals surface area (Å²) in [7, 11) is 0. The van der Waals surface area contributed by atoms with Crippen molar-refractivity contribution in [1.82, 2.24) is 14.9 Å². The Morgan fingerprint density at radius 2 is 2.12 bits per heavy atom. The minimum Gasteiger partial charge on any atom is -0.365 e. The summed E-state index contributed by atoms with van der Waals surface area (Å²) in [5, 5.41) is 4.15. The van der Waals surface area contributed by atoms with Gasteiger partial charge in [-0.3, -0.25) is 4.79 Å². The summed E-state index contributed by atoms with van der Waals surface area (Å²) >= 11 is 6.22. The van der Waals surface area contributed by atoms with Crippen LogP contribution in [0.5, 0.6) is 0 Å². The van der Waals surface area contributed by atoms with Gasteiger partial charge in [0.15, 0.2) is 0 Å². The molecule has 0 aliphatic carbocycles. The number of halogens is 1. The van der Waals surface area contributed by atoms with Gasteiger partial charge in [0.2, 0.25) is 5.91 Å². The molecule has 1 aliphatic rings. The van der Waals surface area contributed by atoms with Gasteiger partial charge in [0.05, 0.1) is 6.04 Å². The summed E-state index contributed by atoms with van der Waals surface area (Å²) < 4.78 is 0. The van der Waals surface area contributed by atoms with E-state index < -0.39 is 0 Å². The van der Waals surface area contributed by atoms with E-state index in [4.69, 9.17) is 11.6 Å². The molecule has 6 heteroatoms. The van der Waals surface area contributed by atoms with Gasteiger partial charge in [-0.15, -0.1) is 0 Å². The molecule has 0 bridgehead atoms. The minimum absolute atomic E-state index is 0.0555. The third-order valence-corrected chi connectivity index (χ3v) is 4.75. The molecule has 2 heterocycles. The van der Waals surface area contributed by atoms with Crippen LogP contribution >= 0.6 is 11.6 Å². The lowest BCUT2D eigenvalue weighted by Gasteiger charge is -2.19. The second-order valence-electron chi connectivity index (χ2n) is 6.45. The maximum absolute atomic E-state index is 12.4. The van der Waals surface area contributed by atoms with E-state index in [1.54, 1.807) is 0 Å². The molecule has 1 N–H and O–H groups in total. The normalized spacial score (nSPS) is 17.2. The Balaban J connectivity index is 1.69. The molecule has 1 aliphatic heterocycles. The third kappa shape index (κ3) is 4.28. The van der Waals surface area contributed by atoms with Crippen molar-refractivity contribution in [2.75, 3.05) is 11.9 Å². The zero-order valence-electron chi connectivity index (χ0n) is 14.6. The zero-order chi connectivity index (χ0) is 17.8. The number of likely N-dealkylation sites (tertiary alicyclic amines) is 1. The SMILES string of the molecule is CCCc1cnc(C)nc1NC1CC(=O)N(Cc2ccccc2Cl)C1. The van der Waals surface area contributed by atoms with Gasteiger partial charge in [0, 0.05) is 36.3 Å². The lowest BCUT2D eigenvalue weighted by molar-refractivity contribution is -0.128. The van der Waals surface area contributed by atoms with E-state index in [2.05, 4.69) is 22.2 Å². The number of nitrogens with zero attached hydrogens (tertiary/aromatic N) is 3. The number of aryl methyl sites for hydroxylation is 2. The van der Waals surface area contributed by atoms with Crippen LogP contribution in [0.25, 0.3) is 0 Å². The predicted molar refractivity (Wildman–Crippen MR) is 99.7 cm³/mol. The van der Waals surface area contributed by atoms with Crippen molar-refractivity contribution in [3.05, 3.63) is 52.4 Å². The topological polar surface area (TPSA) is 58.1 Å². The first kappa shape index (κ1) is 17.7. The highest BCUT2D eigenvalue weighted by atomic mass is 35.5. The molecule has 1 unspecified atom stereocenters. The highest BCUT2D eigenvalue weighted by Gasteiger charge is 2.30. The van der Waals surface area contributed by atoms with E-state index in [1.807, 2.05) is 42.3 Å². The Bertz CT molecular complexity index is 765. The van der Waals surface area contributed by atoms with Gasteiger partial charge in [0.1, 0.15) is 11.6 Å². The van der Waals surface area contributed by atoms with Gasteiger partial charge < -0.3 is 10.2 Å². The number of carbonyl (C=O) groups is 1. The fraction of sp³-hybridized carbons (Fsp3) is 0.421. The van der Waals surface area contributed by atoms with Crippen LogP contribution in [-0.4, -0.2) is 33.4 Å². The molecule has 1 aromatic heterocycles. The first-order valence-corrected chi connectivity index (χ1v) is 9.05. The molecule has 1 amide bonds. The number of aromatic nitrogens is 2. The summed E-state index contributed by atoms with van der Waals surface area (Å²) in [6, 6.07) is 7.71. The Kier molecular flexibility index (Phi) is 5.53. The molecule has 0 radical (unpaired) electrons. The van der Waals surface area contributed by atoms with E-state index in [9.17, 15) is 4.79 Å². The van der Waals surface area contributed by atoms with Gasteiger partial charge in [0.25, 0.3) is 0 Å². The number of hydrogen-bond acceptors (Lipinski definition) is 4. The van der Waals surface area contributed by atoms with Crippen LogP contribution in [0.3, 0.4) is 0 Å². The van der Waals surface area contributed by atoms with Gasteiger partial charge in [-0.25, -0.2) is 9.97 Å². The number of nitrogens with one attached hydrogen (secondary N) is 1. The fourth-order valence-electron chi connectivity index (χ4n) is 3.12. The lowest BCUT2D eigenvalue weighted by atomic mass is 10.1. The molecule has 1 atom stereocenters. The minimum atomic E-state index is 0.0555. The van der Waals surface area contributed by atoms with Crippen LogP contribution in [-0.2, 0) is 17.8 Å². The highest BCUT2D eigenvalue weighted by molar-refractivity contribution is 6.31. The number of rotatable bonds is 6. The number of hydrogen-bond donors (Lipinski definition) is 1. The number of carbonyl (C=O) groups excluding carboxylic acids is 1. The monoisotopic (exact) mass is 358 g/mol. The van der Waals surface area contributed by atoms with Crippen molar-refractivity contribution >= 4 is 23.3 Å². The Morgan fingerprint density at radius 1 is 1.32 bits per heavy atom. The summed E-state index contributed by atoms with van der Waals surface area (Å²) in [4.78, 5) is 23.0. The smallest absolute Gasteiger partial charge is 0.225 e. The quantitative estimate of drug-likeness (QED) is 0.857. The Labute approximate surface area is 153 Å². The molecule has 1 fully saturated rings. The van der Waals surface area contributed by atoms with Gasteiger partial charge >= 0.3 is 0 Å². The van der Waals surface area contributed by atoms with Crippen LogP contribution in [0, 0.1) is 6.92 Å². The van der Waals surface area contributed by atoms with Gasteiger partial charge in [-0.05, 0) is 25.0 Å². The van der Waals surface area contributed by atoms with Crippen molar-refractivity contribution in [2.45, 2.75) is 45.7 Å². The summed E-state index contributed by atoms with van der Waals surface area (Å²) in [5.74, 6) is 1.73. The fourth-order valence-corrected chi connectivity index (χ4v) is 3.31. The van der Waals surface area contributed by atoms with Crippen molar-refractivity contribution in [3.8, 4) is 0 Å². The van der Waals surface area contributed by atoms with Crippen LogP contribution in [0.15, 0.2) is 30.5 Å². The van der Waals surface area contributed by atoms with Crippen LogP contribution < -0.4 is 5.32 Å². The summed E-state index contributed by atoms with van der Waals surface area (Å²) in [6.07, 6.45) is 4.31. The molecule has 3 rings (SSSR count). The van der Waals surface area contributed by atoms with E-state index in [0.717, 1.165) is 35.6 Å². The van der Waals surface area contributed by atoms with Crippen molar-refractivity contribution in [2.24, 2.45) is 0 Å². The number of benzene rings is 1. The van der Waals surface area contributed by atoms with Crippen molar-refractivity contribution < 1.29 is 4.79 Å². The molecule has 1 saturated heterocycles. The summed E-state index contributed by atoms with van der Waals surface area (Å²) in [6.45, 7) is 5.21. The molecule has 0 saturated carbocycles. The highest BCUT2D eigenvalue weighted by Crippen LogP contribution is 2.23. The first-order chi connectivity index (χ1) is 12.1. The van der Waals surface area contributed by atoms with E-state index in [0.29, 0.717) is 24.5 Å². The zero-order valence-corrected chi connectivity index (χ0v) is 15.4. The van der Waals surface area contributed by atoms with E-state index in [-0.39, 0.29) is 11.9 Å². The maximum Gasteiger partial charge on any atom is 0.225 e. The van der Waals surface area contributed by atoms with Crippen molar-refractivity contribution in [3.63, 3.8) is 0 Å². The Morgan fingerprint density at radius 3 is 2.88 bits per heavy atom. The lowest BCUT2D eigenvalue weighted by Crippen LogP contribution is -2.28. The standard InChI is InChI=1S/C19H23ClN4O/c1-3-6-14-10-21-13(2)22-19(14)23-16-9-18(25)24(12-16)11-15-7-4-5-8-17(15)20/h4-5,7-8,10,16H,3,6,9,11-12H2,1-2H3,(H,21,22,23). The van der Waals surface area contributed by atoms with Crippen molar-refractivity contribution in [1.29, 1.82) is 0 Å². The Hall–Kier alpha value is -2.14. The third-order valence-electron chi connectivity index (χ3n) is 4.38. The van der Waals surface area contributed by atoms with E-state index >= 15 is 0 Å². The second kappa shape index (κ2) is 7.83. The number of anilines is 1. The second-order valence-corrected chi connectivity index (χ2v) is 6.86. The number of amides is 1. The molecular formula is C19H23ClN4O. The van der Waals surface area contributed by atoms with Gasteiger partial charge in [-0.1, -0.05) is 43.1 Å². The average molecular weight is 359 g/mol. The molecule has 2 aromatic rings. The molecule has 5 nitrogen and oxygen atoms in total. The first-order valence-electron chi connectivity index (χ1n) is 8.67. The van der Waals surface area contributed by atoms with Gasteiger partial charge in [-0.2, -0.15) is 0 Å². The average Bonchev–Trinajstić information content (AvgIpc) is 2.92.